The van der Waals surface area contributed by atoms with Gasteiger partial charge in [-0.2, -0.15) is 0 Å². The van der Waals surface area contributed by atoms with Crippen LogP contribution in [0.2, 0.25) is 0 Å². The predicted molar refractivity (Wildman–Crippen MR) is 119 cm³/mol. The van der Waals surface area contributed by atoms with Gasteiger partial charge in [0.15, 0.2) is 13.1 Å². The Morgan fingerprint density at radius 1 is 0.968 bits per heavy atom. The van der Waals surface area contributed by atoms with Crippen molar-refractivity contribution < 1.29 is 23.2 Å². The molecule has 31 heavy (non-hydrogen) atoms. The van der Waals surface area contributed by atoms with Crippen molar-refractivity contribution in [2.24, 2.45) is 0 Å². The zero-order valence-electron chi connectivity index (χ0n) is 18.5. The molecule has 5 nitrogen and oxygen atoms in total. The fraction of sp³-hybridized carbons (Fsp3) is 0.440. The van der Waals surface area contributed by atoms with Crippen LogP contribution in [0.3, 0.4) is 0 Å². The lowest BCUT2D eigenvalue weighted by molar-refractivity contribution is -0.913. The van der Waals surface area contributed by atoms with Crippen molar-refractivity contribution in [2.75, 3.05) is 31.5 Å². The normalized spacial score (nSPS) is 15.7. The molecule has 1 aliphatic heterocycles. The molecule has 3 rings (SSSR count). The van der Waals surface area contributed by atoms with Gasteiger partial charge in [0.25, 0.3) is 5.91 Å². The lowest BCUT2D eigenvalue weighted by atomic mass is 10.1. The molecular weight excluding hydrogens is 395 g/mol. The molecule has 1 N–H and O–H groups in total. The van der Waals surface area contributed by atoms with E-state index in [1.54, 1.807) is 13.8 Å². The van der Waals surface area contributed by atoms with Crippen LogP contribution < -0.4 is 5.32 Å². The van der Waals surface area contributed by atoms with Crippen LogP contribution in [0.1, 0.15) is 42.4 Å². The standard InChI is InChI=1S/C25H31FN2O3/c1-19-14-22(26)15-20(2)25(19)27-23(29)16-28(12-8-3-4-9-13-28)17-24(30)31-18-21-10-6-5-7-11-21/h5-7,10-11,14-15H,3-4,8-9,12-13,16-18H2,1-2H3/p+1. The molecule has 2 aromatic carbocycles. The molecule has 6 heteroatoms. The first-order chi connectivity index (χ1) is 14.9. The summed E-state index contributed by atoms with van der Waals surface area (Å²) in [6.07, 6.45) is 4.18. The summed E-state index contributed by atoms with van der Waals surface area (Å²) >= 11 is 0. The molecule has 0 spiro atoms. The summed E-state index contributed by atoms with van der Waals surface area (Å²) in [6.45, 7) is 5.73. The third-order valence-electron chi connectivity index (χ3n) is 5.96. The largest absolute Gasteiger partial charge is 0.457 e. The summed E-state index contributed by atoms with van der Waals surface area (Å²) < 4.78 is 19.5. The van der Waals surface area contributed by atoms with Gasteiger partial charge in [0.05, 0.1) is 13.1 Å². The van der Waals surface area contributed by atoms with E-state index < -0.39 is 0 Å². The number of carbonyl (C=O) groups excluding carboxylic acids is 2. The summed E-state index contributed by atoms with van der Waals surface area (Å²) in [6, 6.07) is 12.4. The number of carbonyl (C=O) groups is 2. The van der Waals surface area contributed by atoms with Gasteiger partial charge < -0.3 is 14.5 Å². The van der Waals surface area contributed by atoms with Gasteiger partial charge in [-0.15, -0.1) is 0 Å². The molecule has 0 radical (unpaired) electrons. The number of rotatable bonds is 7. The number of likely N-dealkylation sites (tertiary alicyclic amines) is 1. The number of nitrogens with one attached hydrogen (secondary N) is 1. The van der Waals surface area contributed by atoms with Crippen LogP contribution in [0.5, 0.6) is 0 Å². The maximum atomic E-state index is 13.6. The monoisotopic (exact) mass is 427 g/mol. The van der Waals surface area contributed by atoms with Crippen molar-refractivity contribution in [3.63, 3.8) is 0 Å². The van der Waals surface area contributed by atoms with Crippen molar-refractivity contribution in [1.82, 2.24) is 0 Å². The lowest BCUT2D eigenvalue weighted by Crippen LogP contribution is -2.55. The third kappa shape index (κ3) is 6.62. The highest BCUT2D eigenvalue weighted by Crippen LogP contribution is 2.23. The second-order valence-electron chi connectivity index (χ2n) is 8.63. The zero-order valence-corrected chi connectivity index (χ0v) is 18.5. The molecule has 0 atom stereocenters. The number of esters is 1. The zero-order chi connectivity index (χ0) is 22.3. The lowest BCUT2D eigenvalue weighted by Gasteiger charge is -2.36. The van der Waals surface area contributed by atoms with Gasteiger partial charge in [-0.1, -0.05) is 30.3 Å². The second-order valence-corrected chi connectivity index (χ2v) is 8.63. The minimum atomic E-state index is -0.315. The molecule has 166 valence electrons. The number of hydrogen-bond donors (Lipinski definition) is 1. The number of nitrogens with zero attached hydrogens (tertiary/aromatic N) is 1. The van der Waals surface area contributed by atoms with E-state index in [2.05, 4.69) is 5.32 Å². The van der Waals surface area contributed by atoms with E-state index in [9.17, 15) is 14.0 Å². The summed E-state index contributed by atoms with van der Waals surface area (Å²) in [5.74, 6) is -0.756. The average Bonchev–Trinajstić information content (AvgIpc) is 2.95. The molecule has 1 aliphatic rings. The Morgan fingerprint density at radius 3 is 2.19 bits per heavy atom. The van der Waals surface area contributed by atoms with E-state index in [0.29, 0.717) is 21.3 Å². The van der Waals surface area contributed by atoms with Crippen LogP contribution in [0, 0.1) is 19.7 Å². The van der Waals surface area contributed by atoms with Gasteiger partial charge in [0.1, 0.15) is 12.4 Å². The van der Waals surface area contributed by atoms with Crippen LogP contribution in [0.25, 0.3) is 0 Å². The first-order valence-electron chi connectivity index (χ1n) is 11.0. The van der Waals surface area contributed by atoms with Crippen LogP contribution in [-0.2, 0) is 20.9 Å². The Hall–Kier alpha value is -2.73. The summed E-state index contributed by atoms with van der Waals surface area (Å²) in [4.78, 5) is 25.7. The van der Waals surface area contributed by atoms with Crippen molar-refractivity contribution in [3.8, 4) is 0 Å². The number of hydrogen-bond acceptors (Lipinski definition) is 3. The highest BCUT2D eigenvalue weighted by Gasteiger charge is 2.35. The van der Waals surface area contributed by atoms with Gasteiger partial charge in [0.2, 0.25) is 0 Å². The fourth-order valence-electron chi connectivity index (χ4n) is 4.38. The summed E-state index contributed by atoms with van der Waals surface area (Å²) in [5, 5.41) is 2.96. The van der Waals surface area contributed by atoms with E-state index in [1.807, 2.05) is 30.3 Å². The number of halogens is 1. The van der Waals surface area contributed by atoms with Gasteiger partial charge in [-0.3, -0.25) is 4.79 Å². The Balaban J connectivity index is 1.68. The second kappa shape index (κ2) is 10.5. The van der Waals surface area contributed by atoms with Crippen molar-refractivity contribution in [1.29, 1.82) is 0 Å². The topological polar surface area (TPSA) is 55.4 Å². The van der Waals surface area contributed by atoms with Crippen LogP contribution >= 0.6 is 0 Å². The van der Waals surface area contributed by atoms with E-state index in [4.69, 9.17) is 4.74 Å². The molecule has 1 amide bonds. The van der Waals surface area contributed by atoms with Crippen LogP contribution in [-0.4, -0.2) is 42.5 Å². The molecule has 0 aliphatic carbocycles. The van der Waals surface area contributed by atoms with Crippen LogP contribution in [0.15, 0.2) is 42.5 Å². The third-order valence-corrected chi connectivity index (χ3v) is 5.96. The first kappa shape index (κ1) is 22.9. The first-order valence-corrected chi connectivity index (χ1v) is 11.0. The molecule has 2 aromatic rings. The number of quaternary nitrogens is 1. The highest BCUT2D eigenvalue weighted by molar-refractivity contribution is 5.93. The SMILES string of the molecule is Cc1cc(F)cc(C)c1NC(=O)C[N+]1(CC(=O)OCc2ccccc2)CCCCCC1. The molecule has 0 bridgehead atoms. The minimum Gasteiger partial charge on any atom is -0.457 e. The molecule has 0 saturated carbocycles. The molecule has 1 saturated heterocycles. The van der Waals surface area contributed by atoms with Crippen molar-refractivity contribution >= 4 is 17.6 Å². The van der Waals surface area contributed by atoms with Gasteiger partial charge in [0, 0.05) is 5.69 Å². The van der Waals surface area contributed by atoms with Crippen molar-refractivity contribution in [3.05, 3.63) is 65.0 Å². The average molecular weight is 428 g/mol. The predicted octanol–water partition coefficient (Wildman–Crippen LogP) is 4.52. The van der Waals surface area contributed by atoms with Crippen molar-refractivity contribution in [2.45, 2.75) is 46.1 Å². The van der Waals surface area contributed by atoms with Gasteiger partial charge >= 0.3 is 5.97 Å². The number of amides is 1. The minimum absolute atomic E-state index is 0.157. The molecule has 0 unspecified atom stereocenters. The highest BCUT2D eigenvalue weighted by atomic mass is 19.1. The molecule has 1 heterocycles. The van der Waals surface area contributed by atoms with Crippen LogP contribution in [0.4, 0.5) is 10.1 Å². The maximum Gasteiger partial charge on any atom is 0.362 e. The van der Waals surface area contributed by atoms with E-state index in [-0.39, 0.29) is 37.4 Å². The van der Waals surface area contributed by atoms with E-state index >= 15 is 0 Å². The maximum absolute atomic E-state index is 13.6. The van der Waals surface area contributed by atoms with E-state index in [1.165, 1.54) is 12.1 Å². The van der Waals surface area contributed by atoms with Gasteiger partial charge in [-0.05, 0) is 68.4 Å². The Bertz CT molecular complexity index is 883. The summed E-state index contributed by atoms with van der Waals surface area (Å²) in [5.41, 5.74) is 2.97. The summed E-state index contributed by atoms with van der Waals surface area (Å²) in [7, 11) is 0. The molecule has 0 aromatic heterocycles. The Morgan fingerprint density at radius 2 is 1.58 bits per heavy atom. The number of benzene rings is 2. The fourth-order valence-corrected chi connectivity index (χ4v) is 4.38. The Labute approximate surface area is 183 Å². The van der Waals surface area contributed by atoms with Gasteiger partial charge in [-0.25, -0.2) is 9.18 Å². The quantitative estimate of drug-likeness (QED) is 0.522. The number of aryl methyl sites for hydroxylation is 2. The van der Waals surface area contributed by atoms with E-state index in [0.717, 1.165) is 44.3 Å². The number of ether oxygens (including phenoxy) is 1. The Kier molecular flexibility index (Phi) is 7.80. The molecular formula is C25H32FN2O3+. The smallest absolute Gasteiger partial charge is 0.362 e. The number of anilines is 1. The molecule has 1 fully saturated rings.